The zero-order valence-electron chi connectivity index (χ0n) is 43.2. The summed E-state index contributed by atoms with van der Waals surface area (Å²) in [5.74, 6) is -0.321. The number of nitrogens with one attached hydrogen (secondary N) is 1. The van der Waals surface area contributed by atoms with E-state index in [-0.39, 0.29) is 18.9 Å². The van der Waals surface area contributed by atoms with E-state index in [0.717, 1.165) is 32.1 Å². The van der Waals surface area contributed by atoms with Crippen molar-refractivity contribution in [3.63, 3.8) is 0 Å². The van der Waals surface area contributed by atoms with Crippen LogP contribution >= 0.6 is 0 Å². The summed E-state index contributed by atoms with van der Waals surface area (Å²) >= 11 is 0. The maximum atomic E-state index is 12.5. The van der Waals surface area contributed by atoms with E-state index in [0.29, 0.717) is 6.42 Å². The molecule has 0 aliphatic rings. The second-order valence-corrected chi connectivity index (χ2v) is 19.9. The lowest BCUT2D eigenvalue weighted by Crippen LogP contribution is -2.45. The average molecular weight is 901 g/mol. The molecule has 0 aromatic carbocycles. The molecule has 4 N–H and O–H groups in total. The van der Waals surface area contributed by atoms with Crippen LogP contribution in [-0.2, 0) is 4.79 Å². The first-order chi connectivity index (χ1) is 31.5. The van der Waals surface area contributed by atoms with Crippen molar-refractivity contribution in [1.82, 2.24) is 5.32 Å². The van der Waals surface area contributed by atoms with Gasteiger partial charge in [0.1, 0.15) is 0 Å². The number of aliphatic hydroxyl groups excluding tert-OH is 3. The van der Waals surface area contributed by atoms with Crippen molar-refractivity contribution in [3.05, 3.63) is 36.5 Å². The lowest BCUT2D eigenvalue weighted by molar-refractivity contribution is -0.124. The Morgan fingerprint density at radius 2 is 0.672 bits per heavy atom. The largest absolute Gasteiger partial charge is 0.394 e. The zero-order valence-corrected chi connectivity index (χ0v) is 43.2. The van der Waals surface area contributed by atoms with E-state index in [9.17, 15) is 20.1 Å². The maximum Gasteiger partial charge on any atom is 0.222 e. The molecule has 0 heterocycles. The highest BCUT2D eigenvalue weighted by Gasteiger charge is 2.20. The summed E-state index contributed by atoms with van der Waals surface area (Å²) in [7, 11) is 0. The number of unbranched alkanes of at least 4 members (excludes halogenated alkanes) is 40. The molecule has 5 nitrogen and oxygen atoms in total. The van der Waals surface area contributed by atoms with Crippen LogP contribution in [0.25, 0.3) is 0 Å². The minimum atomic E-state index is -0.951. The fraction of sp³-hybridized carbons (Fsp3) is 0.881. The molecule has 5 heteroatoms. The van der Waals surface area contributed by atoms with Gasteiger partial charge in [0, 0.05) is 0 Å². The van der Waals surface area contributed by atoms with E-state index in [1.807, 2.05) is 6.08 Å². The fourth-order valence-electron chi connectivity index (χ4n) is 9.00. The number of allylic oxidation sites excluding steroid dienone is 5. The Hall–Kier alpha value is -1.43. The zero-order chi connectivity index (χ0) is 46.5. The molecule has 378 valence electrons. The van der Waals surface area contributed by atoms with Crippen LogP contribution in [0.15, 0.2) is 36.5 Å². The highest BCUT2D eigenvalue weighted by Crippen LogP contribution is 2.17. The van der Waals surface area contributed by atoms with Gasteiger partial charge in [0.2, 0.25) is 5.91 Å². The first-order valence-electron chi connectivity index (χ1n) is 28.8. The fourth-order valence-corrected chi connectivity index (χ4v) is 9.00. The molecule has 0 aliphatic heterocycles. The number of hydrogen-bond donors (Lipinski definition) is 4. The predicted molar refractivity (Wildman–Crippen MR) is 282 cm³/mol. The molecule has 0 aliphatic carbocycles. The Bertz CT molecular complexity index is 993. The number of rotatable bonds is 53. The van der Waals surface area contributed by atoms with Crippen LogP contribution in [0.5, 0.6) is 0 Å². The van der Waals surface area contributed by atoms with Crippen molar-refractivity contribution in [2.24, 2.45) is 0 Å². The average Bonchev–Trinajstić information content (AvgIpc) is 3.29. The number of carbonyl (C=O) groups excluding carboxylic acids is 1. The van der Waals surface area contributed by atoms with Crippen molar-refractivity contribution in [2.75, 3.05) is 6.61 Å². The van der Waals surface area contributed by atoms with Gasteiger partial charge >= 0.3 is 0 Å². The van der Waals surface area contributed by atoms with Crippen LogP contribution in [0.3, 0.4) is 0 Å². The Kier molecular flexibility index (Phi) is 53.0. The minimum absolute atomic E-state index is 0.00804. The van der Waals surface area contributed by atoms with Crippen LogP contribution in [0.1, 0.15) is 309 Å². The summed E-state index contributed by atoms with van der Waals surface area (Å²) in [6.07, 6.45) is 70.6. The predicted octanol–water partition coefficient (Wildman–Crippen LogP) is 17.8. The molecule has 0 fully saturated rings. The monoisotopic (exact) mass is 900 g/mol. The quantitative estimate of drug-likeness (QED) is 0.0362. The van der Waals surface area contributed by atoms with Crippen LogP contribution in [0, 0.1) is 0 Å². The van der Waals surface area contributed by atoms with Gasteiger partial charge < -0.3 is 20.6 Å². The highest BCUT2D eigenvalue weighted by molar-refractivity contribution is 5.76. The third-order valence-corrected chi connectivity index (χ3v) is 13.4. The molecule has 1 amide bonds. The summed E-state index contributed by atoms with van der Waals surface area (Å²) in [4.78, 5) is 12.5. The molecule has 0 saturated heterocycles. The van der Waals surface area contributed by atoms with Gasteiger partial charge in [0.15, 0.2) is 0 Å². The van der Waals surface area contributed by atoms with Crippen LogP contribution in [0.4, 0.5) is 0 Å². The van der Waals surface area contributed by atoms with Crippen molar-refractivity contribution in [3.8, 4) is 0 Å². The normalized spacial score (nSPS) is 13.5. The molecule has 0 saturated carbocycles. The van der Waals surface area contributed by atoms with E-state index in [2.05, 4.69) is 43.5 Å². The van der Waals surface area contributed by atoms with Gasteiger partial charge in [0.25, 0.3) is 0 Å². The molecule has 3 atom stereocenters. The Morgan fingerprint density at radius 3 is 1.00 bits per heavy atom. The van der Waals surface area contributed by atoms with Gasteiger partial charge in [-0.05, 0) is 57.8 Å². The van der Waals surface area contributed by atoms with Crippen molar-refractivity contribution in [1.29, 1.82) is 0 Å². The maximum absolute atomic E-state index is 12.5. The van der Waals surface area contributed by atoms with Gasteiger partial charge in [-0.25, -0.2) is 0 Å². The summed E-state index contributed by atoms with van der Waals surface area (Å²) in [5, 5.41) is 33.4. The Labute approximate surface area is 400 Å². The third kappa shape index (κ3) is 50.0. The van der Waals surface area contributed by atoms with E-state index in [1.54, 1.807) is 6.08 Å². The van der Waals surface area contributed by atoms with Crippen LogP contribution in [0.2, 0.25) is 0 Å². The van der Waals surface area contributed by atoms with Crippen molar-refractivity contribution < 1.29 is 20.1 Å². The number of hydrogen-bond acceptors (Lipinski definition) is 4. The van der Waals surface area contributed by atoms with Gasteiger partial charge in [-0.15, -0.1) is 0 Å². The first kappa shape index (κ1) is 62.6. The van der Waals surface area contributed by atoms with E-state index in [4.69, 9.17) is 0 Å². The summed E-state index contributed by atoms with van der Waals surface area (Å²) in [6.45, 7) is 4.23. The molecule has 0 aromatic heterocycles. The molecule has 0 rings (SSSR count). The molecule has 3 unspecified atom stereocenters. The standard InChI is InChI=1S/C59H113NO4/c1-3-5-7-9-11-13-15-17-19-21-23-24-25-26-27-28-29-30-31-32-33-34-35-36-38-40-42-44-46-48-50-52-56(62)54-59(64)60-57(55-61)58(63)53-51-49-47-45-43-41-39-37-22-20-18-16-14-12-10-8-6-4-2/h26-27,43,45,51,53,56-58,61-63H,3-25,28-42,44,46-50,52,54-55H2,1-2H3,(H,60,64)/b27-26-,45-43+,53-51+. The highest BCUT2D eigenvalue weighted by atomic mass is 16.3. The lowest BCUT2D eigenvalue weighted by atomic mass is 10.0. The van der Waals surface area contributed by atoms with Gasteiger partial charge in [-0.1, -0.05) is 281 Å². The summed E-state index contributed by atoms with van der Waals surface area (Å²) in [6, 6.07) is -0.761. The first-order valence-corrected chi connectivity index (χ1v) is 28.8. The number of amides is 1. The molecule has 0 bridgehead atoms. The second-order valence-electron chi connectivity index (χ2n) is 19.9. The lowest BCUT2D eigenvalue weighted by Gasteiger charge is -2.21. The third-order valence-electron chi connectivity index (χ3n) is 13.4. The van der Waals surface area contributed by atoms with E-state index >= 15 is 0 Å². The Morgan fingerprint density at radius 1 is 0.391 bits per heavy atom. The van der Waals surface area contributed by atoms with E-state index < -0.39 is 18.2 Å². The van der Waals surface area contributed by atoms with Gasteiger partial charge in [-0.2, -0.15) is 0 Å². The summed E-state index contributed by atoms with van der Waals surface area (Å²) < 4.78 is 0. The van der Waals surface area contributed by atoms with Crippen molar-refractivity contribution >= 4 is 5.91 Å². The molecule has 0 spiro atoms. The van der Waals surface area contributed by atoms with Gasteiger partial charge in [-0.3, -0.25) is 4.79 Å². The molecule has 64 heavy (non-hydrogen) atoms. The Balaban J connectivity index is 3.54. The number of aliphatic hydroxyl groups is 3. The van der Waals surface area contributed by atoms with Crippen LogP contribution in [-0.4, -0.2) is 46.1 Å². The summed E-state index contributed by atoms with van der Waals surface area (Å²) in [5.41, 5.74) is 0. The second kappa shape index (κ2) is 54.2. The molecular formula is C59H113NO4. The van der Waals surface area contributed by atoms with E-state index in [1.165, 1.54) is 250 Å². The topological polar surface area (TPSA) is 89.8 Å². The van der Waals surface area contributed by atoms with Crippen molar-refractivity contribution in [2.45, 2.75) is 327 Å². The van der Waals surface area contributed by atoms with Gasteiger partial charge in [0.05, 0.1) is 31.3 Å². The minimum Gasteiger partial charge on any atom is -0.394 e. The molecule has 0 aromatic rings. The smallest absolute Gasteiger partial charge is 0.222 e. The molecular weight excluding hydrogens is 787 g/mol. The SMILES string of the molecule is CCCCCCCCCCCCCC/C=C\CCCCCCCCCCCCCCCCCC(O)CC(=O)NC(CO)C(O)/C=C/CC/C=C/CCCCCCCCCCCCCC. The van der Waals surface area contributed by atoms with Crippen LogP contribution < -0.4 is 5.32 Å². The molecule has 0 radical (unpaired) electrons. The number of carbonyl (C=O) groups is 1.